The predicted molar refractivity (Wildman–Crippen MR) is 60.2 cm³/mol. The normalized spacial score (nSPS) is 26.7. The summed E-state index contributed by atoms with van der Waals surface area (Å²) in [5.74, 6) is 1.25. The minimum absolute atomic E-state index is 0.368. The standard InChI is InChI=1S/C12H23NO/c1-10(2)6-7-13-8-11-4-3-5-12(11)9-14/h11-14H,1,3-9H2,2H3. The fourth-order valence-corrected chi connectivity index (χ4v) is 2.21. The van der Waals surface area contributed by atoms with E-state index in [4.69, 9.17) is 5.11 Å². The van der Waals surface area contributed by atoms with Crippen molar-refractivity contribution in [2.24, 2.45) is 11.8 Å². The van der Waals surface area contributed by atoms with Crippen molar-refractivity contribution in [1.82, 2.24) is 5.32 Å². The minimum Gasteiger partial charge on any atom is -0.396 e. The quantitative estimate of drug-likeness (QED) is 0.504. The van der Waals surface area contributed by atoms with Gasteiger partial charge < -0.3 is 10.4 Å². The molecular formula is C12H23NO. The molecule has 0 spiro atoms. The second kappa shape index (κ2) is 6.20. The zero-order valence-electron chi connectivity index (χ0n) is 9.26. The summed E-state index contributed by atoms with van der Waals surface area (Å²) in [5, 5.41) is 12.6. The average molecular weight is 197 g/mol. The van der Waals surface area contributed by atoms with Gasteiger partial charge in [0.05, 0.1) is 0 Å². The summed E-state index contributed by atoms with van der Waals surface area (Å²) >= 11 is 0. The molecule has 2 nitrogen and oxygen atoms in total. The zero-order chi connectivity index (χ0) is 10.4. The van der Waals surface area contributed by atoms with Crippen LogP contribution in [0, 0.1) is 11.8 Å². The summed E-state index contributed by atoms with van der Waals surface area (Å²) in [6.07, 6.45) is 4.85. The van der Waals surface area contributed by atoms with Gasteiger partial charge in [-0.1, -0.05) is 12.0 Å². The third-order valence-electron chi connectivity index (χ3n) is 3.19. The Balaban J connectivity index is 2.08. The lowest BCUT2D eigenvalue weighted by Gasteiger charge is -2.17. The van der Waals surface area contributed by atoms with E-state index in [1.807, 2.05) is 0 Å². The van der Waals surface area contributed by atoms with Crippen molar-refractivity contribution in [3.8, 4) is 0 Å². The summed E-state index contributed by atoms with van der Waals surface area (Å²) in [6, 6.07) is 0. The van der Waals surface area contributed by atoms with Gasteiger partial charge in [-0.2, -0.15) is 0 Å². The molecule has 0 saturated heterocycles. The molecule has 2 heteroatoms. The monoisotopic (exact) mass is 197 g/mol. The van der Waals surface area contributed by atoms with Crippen LogP contribution in [0.1, 0.15) is 32.6 Å². The molecule has 0 aliphatic heterocycles. The number of rotatable bonds is 6. The Morgan fingerprint density at radius 3 is 2.79 bits per heavy atom. The molecule has 2 N–H and O–H groups in total. The van der Waals surface area contributed by atoms with Gasteiger partial charge in [0, 0.05) is 6.61 Å². The Hall–Kier alpha value is -0.340. The Labute approximate surface area is 87.4 Å². The van der Waals surface area contributed by atoms with Gasteiger partial charge in [0.25, 0.3) is 0 Å². The van der Waals surface area contributed by atoms with Crippen molar-refractivity contribution in [2.45, 2.75) is 32.6 Å². The maximum absolute atomic E-state index is 9.14. The first-order valence-corrected chi connectivity index (χ1v) is 5.70. The topological polar surface area (TPSA) is 32.3 Å². The molecule has 1 fully saturated rings. The third-order valence-corrected chi connectivity index (χ3v) is 3.19. The highest BCUT2D eigenvalue weighted by Crippen LogP contribution is 2.30. The summed E-state index contributed by atoms with van der Waals surface area (Å²) in [4.78, 5) is 0. The van der Waals surface area contributed by atoms with Crippen LogP contribution in [0.3, 0.4) is 0 Å². The van der Waals surface area contributed by atoms with Gasteiger partial charge in [-0.05, 0) is 51.1 Å². The van der Waals surface area contributed by atoms with Crippen molar-refractivity contribution >= 4 is 0 Å². The molecule has 0 aromatic carbocycles. The maximum atomic E-state index is 9.14. The second-order valence-corrected chi connectivity index (χ2v) is 4.54. The van der Waals surface area contributed by atoms with E-state index in [0.29, 0.717) is 18.4 Å². The van der Waals surface area contributed by atoms with Crippen LogP contribution in [-0.2, 0) is 0 Å². The molecule has 0 heterocycles. The Bertz CT molecular complexity index is 179. The number of aliphatic hydroxyl groups excluding tert-OH is 1. The second-order valence-electron chi connectivity index (χ2n) is 4.54. The van der Waals surface area contributed by atoms with Crippen LogP contribution in [0.4, 0.5) is 0 Å². The molecule has 14 heavy (non-hydrogen) atoms. The maximum Gasteiger partial charge on any atom is 0.0462 e. The number of hydrogen-bond donors (Lipinski definition) is 2. The molecule has 0 aromatic heterocycles. The molecule has 82 valence electrons. The Morgan fingerprint density at radius 1 is 1.43 bits per heavy atom. The van der Waals surface area contributed by atoms with Crippen molar-refractivity contribution < 1.29 is 5.11 Å². The Morgan fingerprint density at radius 2 is 2.14 bits per heavy atom. The highest BCUT2D eigenvalue weighted by atomic mass is 16.3. The molecule has 0 amide bonds. The first-order chi connectivity index (χ1) is 6.74. The number of hydrogen-bond acceptors (Lipinski definition) is 2. The van der Waals surface area contributed by atoms with E-state index in [1.165, 1.54) is 24.8 Å². The van der Waals surface area contributed by atoms with Crippen molar-refractivity contribution in [2.75, 3.05) is 19.7 Å². The molecule has 1 aliphatic carbocycles. The van der Waals surface area contributed by atoms with Crippen LogP contribution in [0.2, 0.25) is 0 Å². The number of aliphatic hydroxyl groups is 1. The SMILES string of the molecule is C=C(C)CCNCC1CCCC1CO. The number of nitrogens with one attached hydrogen (secondary N) is 1. The fraction of sp³-hybridized carbons (Fsp3) is 0.833. The highest BCUT2D eigenvalue weighted by Gasteiger charge is 2.25. The van der Waals surface area contributed by atoms with Crippen LogP contribution in [0.5, 0.6) is 0 Å². The minimum atomic E-state index is 0.368. The summed E-state index contributed by atoms with van der Waals surface area (Å²) < 4.78 is 0. The van der Waals surface area contributed by atoms with Gasteiger partial charge in [0.2, 0.25) is 0 Å². The Kier molecular flexibility index (Phi) is 5.20. The van der Waals surface area contributed by atoms with Crippen molar-refractivity contribution in [3.05, 3.63) is 12.2 Å². The van der Waals surface area contributed by atoms with Gasteiger partial charge in [0.1, 0.15) is 0 Å². The first-order valence-electron chi connectivity index (χ1n) is 5.70. The third kappa shape index (κ3) is 3.81. The lowest BCUT2D eigenvalue weighted by atomic mass is 9.97. The summed E-state index contributed by atoms with van der Waals surface area (Å²) in [6.45, 7) is 8.41. The van der Waals surface area contributed by atoms with E-state index in [9.17, 15) is 0 Å². The van der Waals surface area contributed by atoms with Crippen LogP contribution >= 0.6 is 0 Å². The van der Waals surface area contributed by atoms with E-state index < -0.39 is 0 Å². The van der Waals surface area contributed by atoms with Crippen molar-refractivity contribution in [1.29, 1.82) is 0 Å². The van der Waals surface area contributed by atoms with Gasteiger partial charge >= 0.3 is 0 Å². The van der Waals surface area contributed by atoms with Crippen molar-refractivity contribution in [3.63, 3.8) is 0 Å². The van der Waals surface area contributed by atoms with Crippen LogP contribution in [0.15, 0.2) is 12.2 Å². The van der Waals surface area contributed by atoms with Crippen LogP contribution < -0.4 is 5.32 Å². The van der Waals surface area contributed by atoms with Gasteiger partial charge in [-0.15, -0.1) is 6.58 Å². The van der Waals surface area contributed by atoms with E-state index in [2.05, 4.69) is 18.8 Å². The molecular weight excluding hydrogens is 174 g/mol. The molecule has 0 bridgehead atoms. The molecule has 1 saturated carbocycles. The molecule has 1 rings (SSSR count). The molecule has 1 aliphatic rings. The molecule has 0 radical (unpaired) electrons. The van der Waals surface area contributed by atoms with Crippen LogP contribution in [-0.4, -0.2) is 24.8 Å². The highest BCUT2D eigenvalue weighted by molar-refractivity contribution is 4.88. The van der Waals surface area contributed by atoms with E-state index >= 15 is 0 Å². The van der Waals surface area contributed by atoms with Gasteiger partial charge in [-0.3, -0.25) is 0 Å². The lowest BCUT2D eigenvalue weighted by Crippen LogP contribution is -2.27. The van der Waals surface area contributed by atoms with Crippen LogP contribution in [0.25, 0.3) is 0 Å². The van der Waals surface area contributed by atoms with E-state index in [1.54, 1.807) is 0 Å². The van der Waals surface area contributed by atoms with Gasteiger partial charge in [-0.25, -0.2) is 0 Å². The summed E-state index contributed by atoms with van der Waals surface area (Å²) in [7, 11) is 0. The average Bonchev–Trinajstić information content (AvgIpc) is 2.59. The fourth-order valence-electron chi connectivity index (χ4n) is 2.21. The first kappa shape index (κ1) is 11.7. The zero-order valence-corrected chi connectivity index (χ0v) is 9.26. The van der Waals surface area contributed by atoms with Gasteiger partial charge in [0.15, 0.2) is 0 Å². The summed E-state index contributed by atoms with van der Waals surface area (Å²) in [5.41, 5.74) is 1.24. The lowest BCUT2D eigenvalue weighted by molar-refractivity contribution is 0.192. The largest absolute Gasteiger partial charge is 0.396 e. The molecule has 2 atom stereocenters. The molecule has 2 unspecified atom stereocenters. The predicted octanol–water partition coefficient (Wildman–Crippen LogP) is 1.95. The van der Waals surface area contributed by atoms with E-state index in [-0.39, 0.29) is 0 Å². The smallest absolute Gasteiger partial charge is 0.0462 e. The van der Waals surface area contributed by atoms with E-state index in [0.717, 1.165) is 19.5 Å². The molecule has 0 aromatic rings.